The van der Waals surface area contributed by atoms with Crippen molar-refractivity contribution in [3.8, 4) is 11.5 Å². The number of benzene rings is 1. The Bertz CT molecular complexity index is 625. The number of amides is 1. The number of methoxy groups -OCH3 is 1. The number of nitrogens with one attached hydrogen (secondary N) is 1. The number of para-hydroxylation sites is 2. The lowest BCUT2D eigenvalue weighted by atomic mass is 10.3. The van der Waals surface area contributed by atoms with E-state index in [4.69, 9.17) is 9.47 Å². The first-order chi connectivity index (χ1) is 10.7. The second kappa shape index (κ2) is 7.49. The molecule has 2 aromatic rings. The largest absolute Gasteiger partial charge is 0.493 e. The van der Waals surface area contributed by atoms with Gasteiger partial charge in [-0.05, 0) is 25.5 Å². The van der Waals surface area contributed by atoms with Crippen LogP contribution in [0, 0.1) is 0 Å². The van der Waals surface area contributed by atoms with Crippen LogP contribution in [0.4, 0.5) is 5.82 Å². The van der Waals surface area contributed by atoms with Crippen molar-refractivity contribution in [2.24, 2.45) is 0 Å². The Hall–Kier alpha value is -2.50. The lowest BCUT2D eigenvalue weighted by molar-refractivity contribution is -0.118. The third-order valence-electron chi connectivity index (χ3n) is 3.37. The highest BCUT2D eigenvalue weighted by atomic mass is 16.5. The molecule has 1 unspecified atom stereocenters. The summed E-state index contributed by atoms with van der Waals surface area (Å²) < 4.78 is 12.5. The van der Waals surface area contributed by atoms with Crippen molar-refractivity contribution >= 4 is 11.7 Å². The third kappa shape index (κ3) is 3.78. The summed E-state index contributed by atoms with van der Waals surface area (Å²) in [6, 6.07) is 9.21. The van der Waals surface area contributed by atoms with Crippen LogP contribution < -0.4 is 14.8 Å². The summed E-state index contributed by atoms with van der Waals surface area (Å²) in [7, 11) is 1.56. The summed E-state index contributed by atoms with van der Waals surface area (Å²) in [6.45, 7) is 4.03. The fourth-order valence-corrected chi connectivity index (χ4v) is 2.00. The predicted octanol–water partition coefficient (Wildman–Crippen LogP) is 2.88. The SMILES string of the molecule is CCC(C)n1nccc1NC(=O)COc1ccccc1OC. The number of carbonyl (C=O) groups is 1. The van der Waals surface area contributed by atoms with E-state index in [1.54, 1.807) is 36.2 Å². The van der Waals surface area contributed by atoms with E-state index in [1.165, 1.54) is 0 Å². The molecule has 1 heterocycles. The van der Waals surface area contributed by atoms with Gasteiger partial charge >= 0.3 is 0 Å². The summed E-state index contributed by atoms with van der Waals surface area (Å²) >= 11 is 0. The zero-order valence-electron chi connectivity index (χ0n) is 13.1. The van der Waals surface area contributed by atoms with E-state index in [9.17, 15) is 4.79 Å². The van der Waals surface area contributed by atoms with E-state index in [2.05, 4.69) is 17.3 Å². The number of anilines is 1. The maximum atomic E-state index is 12.0. The molecule has 0 radical (unpaired) electrons. The van der Waals surface area contributed by atoms with Crippen LogP contribution in [0.2, 0.25) is 0 Å². The molecule has 1 aromatic heterocycles. The van der Waals surface area contributed by atoms with Crippen LogP contribution in [0.3, 0.4) is 0 Å². The molecule has 0 aliphatic rings. The second-order valence-corrected chi connectivity index (χ2v) is 4.91. The number of carbonyl (C=O) groups excluding carboxylic acids is 1. The molecule has 1 atom stereocenters. The first-order valence-electron chi connectivity index (χ1n) is 7.24. The predicted molar refractivity (Wildman–Crippen MR) is 84.3 cm³/mol. The van der Waals surface area contributed by atoms with Gasteiger partial charge in [0, 0.05) is 6.07 Å². The molecular weight excluding hydrogens is 282 g/mol. The van der Waals surface area contributed by atoms with E-state index in [0.29, 0.717) is 17.3 Å². The van der Waals surface area contributed by atoms with Crippen LogP contribution in [-0.2, 0) is 4.79 Å². The smallest absolute Gasteiger partial charge is 0.263 e. The number of aromatic nitrogens is 2. The van der Waals surface area contributed by atoms with Gasteiger partial charge in [0.05, 0.1) is 19.3 Å². The summed E-state index contributed by atoms with van der Waals surface area (Å²) in [4.78, 5) is 12.0. The van der Waals surface area contributed by atoms with Gasteiger partial charge in [-0.3, -0.25) is 4.79 Å². The van der Waals surface area contributed by atoms with Crippen LogP contribution >= 0.6 is 0 Å². The number of rotatable bonds is 7. The summed E-state index contributed by atoms with van der Waals surface area (Å²) in [5.41, 5.74) is 0. The topological polar surface area (TPSA) is 65.4 Å². The number of nitrogens with zero attached hydrogens (tertiary/aromatic N) is 2. The first-order valence-corrected chi connectivity index (χ1v) is 7.24. The molecule has 0 bridgehead atoms. The van der Waals surface area contributed by atoms with Crippen molar-refractivity contribution in [2.45, 2.75) is 26.3 Å². The van der Waals surface area contributed by atoms with Crippen molar-refractivity contribution in [3.05, 3.63) is 36.5 Å². The Balaban J connectivity index is 1.95. The molecule has 0 saturated heterocycles. The van der Waals surface area contributed by atoms with Crippen LogP contribution in [0.5, 0.6) is 11.5 Å². The quantitative estimate of drug-likeness (QED) is 0.854. The highest BCUT2D eigenvalue weighted by Crippen LogP contribution is 2.25. The Morgan fingerprint density at radius 3 is 2.73 bits per heavy atom. The maximum Gasteiger partial charge on any atom is 0.263 e. The highest BCUT2D eigenvalue weighted by Gasteiger charge is 2.12. The van der Waals surface area contributed by atoms with E-state index in [-0.39, 0.29) is 18.6 Å². The number of hydrogen-bond donors (Lipinski definition) is 1. The molecule has 0 aliphatic heterocycles. The molecule has 0 spiro atoms. The van der Waals surface area contributed by atoms with Crippen LogP contribution in [-0.4, -0.2) is 29.4 Å². The Kier molecular flexibility index (Phi) is 5.41. The van der Waals surface area contributed by atoms with Gasteiger partial charge in [0.1, 0.15) is 5.82 Å². The Morgan fingerprint density at radius 1 is 1.32 bits per heavy atom. The maximum absolute atomic E-state index is 12.0. The normalized spacial score (nSPS) is 11.8. The van der Waals surface area contributed by atoms with E-state index in [0.717, 1.165) is 6.42 Å². The van der Waals surface area contributed by atoms with Gasteiger partial charge < -0.3 is 14.8 Å². The summed E-state index contributed by atoms with van der Waals surface area (Å²) in [6.07, 6.45) is 2.60. The fraction of sp³-hybridized carbons (Fsp3) is 0.375. The molecule has 118 valence electrons. The highest BCUT2D eigenvalue weighted by molar-refractivity contribution is 5.91. The Morgan fingerprint density at radius 2 is 2.05 bits per heavy atom. The molecule has 6 heteroatoms. The zero-order chi connectivity index (χ0) is 15.9. The molecule has 22 heavy (non-hydrogen) atoms. The Labute approximate surface area is 130 Å². The van der Waals surface area contributed by atoms with Gasteiger partial charge in [-0.1, -0.05) is 19.1 Å². The van der Waals surface area contributed by atoms with Gasteiger partial charge in [0.15, 0.2) is 18.1 Å². The van der Waals surface area contributed by atoms with Gasteiger partial charge in [-0.25, -0.2) is 4.68 Å². The molecule has 1 N–H and O–H groups in total. The minimum absolute atomic E-state index is 0.0912. The second-order valence-electron chi connectivity index (χ2n) is 4.91. The monoisotopic (exact) mass is 303 g/mol. The van der Waals surface area contributed by atoms with Crippen molar-refractivity contribution < 1.29 is 14.3 Å². The molecule has 6 nitrogen and oxygen atoms in total. The van der Waals surface area contributed by atoms with E-state index in [1.807, 2.05) is 19.1 Å². The minimum atomic E-state index is -0.240. The van der Waals surface area contributed by atoms with Crippen molar-refractivity contribution in [2.75, 3.05) is 19.0 Å². The number of hydrogen-bond acceptors (Lipinski definition) is 4. The molecule has 1 aromatic carbocycles. The van der Waals surface area contributed by atoms with E-state index < -0.39 is 0 Å². The van der Waals surface area contributed by atoms with E-state index >= 15 is 0 Å². The van der Waals surface area contributed by atoms with Gasteiger partial charge in [0.25, 0.3) is 5.91 Å². The average molecular weight is 303 g/mol. The summed E-state index contributed by atoms with van der Waals surface area (Å²) in [5.74, 6) is 1.56. The molecule has 1 amide bonds. The summed E-state index contributed by atoms with van der Waals surface area (Å²) in [5, 5.41) is 7.04. The average Bonchev–Trinajstić information content (AvgIpc) is 3.00. The van der Waals surface area contributed by atoms with Gasteiger partial charge in [0.2, 0.25) is 0 Å². The zero-order valence-corrected chi connectivity index (χ0v) is 13.1. The minimum Gasteiger partial charge on any atom is -0.493 e. The van der Waals surface area contributed by atoms with Crippen LogP contribution in [0.15, 0.2) is 36.5 Å². The van der Waals surface area contributed by atoms with Crippen LogP contribution in [0.1, 0.15) is 26.3 Å². The van der Waals surface area contributed by atoms with Gasteiger partial charge in [-0.15, -0.1) is 0 Å². The first kappa shape index (κ1) is 15.9. The standard InChI is InChI=1S/C16H21N3O3/c1-4-12(2)19-15(9-10-17-19)18-16(20)11-22-14-8-6-5-7-13(14)21-3/h5-10,12H,4,11H2,1-3H3,(H,18,20). The lowest BCUT2D eigenvalue weighted by Gasteiger charge is -2.14. The fourth-order valence-electron chi connectivity index (χ4n) is 2.00. The molecule has 0 aliphatic carbocycles. The van der Waals surface area contributed by atoms with Crippen LogP contribution in [0.25, 0.3) is 0 Å². The third-order valence-corrected chi connectivity index (χ3v) is 3.37. The molecular formula is C16H21N3O3. The van der Waals surface area contributed by atoms with Crippen molar-refractivity contribution in [3.63, 3.8) is 0 Å². The lowest BCUT2D eigenvalue weighted by Crippen LogP contribution is -2.23. The van der Waals surface area contributed by atoms with Gasteiger partial charge in [-0.2, -0.15) is 5.10 Å². The molecule has 0 saturated carbocycles. The van der Waals surface area contributed by atoms with Crippen molar-refractivity contribution in [1.29, 1.82) is 0 Å². The molecule has 0 fully saturated rings. The van der Waals surface area contributed by atoms with Crippen molar-refractivity contribution in [1.82, 2.24) is 9.78 Å². The number of ether oxygens (including phenoxy) is 2. The molecule has 2 rings (SSSR count).